The van der Waals surface area contributed by atoms with Gasteiger partial charge in [0, 0.05) is 25.0 Å². The highest BCUT2D eigenvalue weighted by Crippen LogP contribution is 2.22. The van der Waals surface area contributed by atoms with Gasteiger partial charge in [-0.2, -0.15) is 12.7 Å². The molecule has 0 saturated heterocycles. The Morgan fingerprint density at radius 2 is 2.05 bits per heavy atom. The van der Waals surface area contributed by atoms with Crippen molar-refractivity contribution in [1.29, 1.82) is 0 Å². The van der Waals surface area contributed by atoms with Crippen LogP contribution in [0.5, 0.6) is 0 Å². The second-order valence-electron chi connectivity index (χ2n) is 5.02. The predicted octanol–water partition coefficient (Wildman–Crippen LogP) is 1.92. The van der Waals surface area contributed by atoms with E-state index in [-0.39, 0.29) is 6.04 Å². The molecule has 0 spiro atoms. The summed E-state index contributed by atoms with van der Waals surface area (Å²) in [6.07, 6.45) is 1.86. The Kier molecular flexibility index (Phi) is 7.11. The van der Waals surface area contributed by atoms with E-state index in [0.717, 1.165) is 17.7 Å². The second kappa shape index (κ2) is 8.09. The van der Waals surface area contributed by atoms with Crippen LogP contribution in [0.25, 0.3) is 0 Å². The minimum atomic E-state index is -3.39. The molecule has 1 rings (SSSR count). The van der Waals surface area contributed by atoms with E-state index in [9.17, 15) is 8.42 Å². The van der Waals surface area contributed by atoms with Crippen molar-refractivity contribution in [3.8, 4) is 0 Å². The van der Waals surface area contributed by atoms with Crippen LogP contribution < -0.4 is 4.72 Å². The van der Waals surface area contributed by atoms with E-state index in [0.29, 0.717) is 13.1 Å². The number of rotatable bonds is 9. The number of unbranched alkanes of at least 4 members (excludes halogenated alkanes) is 1. The Morgan fingerprint density at radius 1 is 1.35 bits per heavy atom. The number of nitrogens with zero attached hydrogens (tertiary/aromatic N) is 2. The van der Waals surface area contributed by atoms with Gasteiger partial charge in [-0.3, -0.25) is 0 Å². The lowest BCUT2D eigenvalue weighted by Crippen LogP contribution is -2.42. The van der Waals surface area contributed by atoms with Crippen LogP contribution >= 0.6 is 11.3 Å². The molecule has 7 heteroatoms. The van der Waals surface area contributed by atoms with Gasteiger partial charge in [0.25, 0.3) is 10.2 Å². The standard InChI is InChI=1S/C13H25N3O2S2/c1-5-6-9-16(4)20(17,18)14-11-12(15(2)3)13-8-7-10-19-13/h7-8,10,12,14H,5-6,9,11H2,1-4H3/t12-/m0/s1. The van der Waals surface area contributed by atoms with Crippen LogP contribution in [0.2, 0.25) is 0 Å². The Hall–Kier alpha value is -0.470. The monoisotopic (exact) mass is 319 g/mol. The molecule has 5 nitrogen and oxygen atoms in total. The van der Waals surface area contributed by atoms with Crippen LogP contribution in [0.15, 0.2) is 17.5 Å². The molecule has 0 aliphatic rings. The molecule has 0 aliphatic carbocycles. The van der Waals surface area contributed by atoms with Crippen molar-refractivity contribution in [1.82, 2.24) is 13.9 Å². The van der Waals surface area contributed by atoms with E-state index in [1.165, 1.54) is 4.31 Å². The first kappa shape index (κ1) is 17.6. The second-order valence-corrected chi connectivity index (χ2v) is 7.86. The van der Waals surface area contributed by atoms with Crippen LogP contribution in [-0.4, -0.2) is 51.9 Å². The first-order valence-electron chi connectivity index (χ1n) is 6.79. The number of thiophene rings is 1. The Morgan fingerprint density at radius 3 is 2.55 bits per heavy atom. The first-order chi connectivity index (χ1) is 9.38. The van der Waals surface area contributed by atoms with Crippen molar-refractivity contribution >= 4 is 21.5 Å². The minimum Gasteiger partial charge on any atom is -0.300 e. The molecule has 116 valence electrons. The van der Waals surface area contributed by atoms with E-state index < -0.39 is 10.2 Å². The maximum atomic E-state index is 12.1. The maximum Gasteiger partial charge on any atom is 0.279 e. The van der Waals surface area contributed by atoms with Gasteiger partial charge in [0.15, 0.2) is 0 Å². The van der Waals surface area contributed by atoms with E-state index in [1.807, 2.05) is 43.4 Å². The molecule has 0 aromatic carbocycles. The zero-order valence-electron chi connectivity index (χ0n) is 12.7. The number of likely N-dealkylation sites (N-methyl/N-ethyl adjacent to an activating group) is 1. The number of nitrogens with one attached hydrogen (secondary N) is 1. The van der Waals surface area contributed by atoms with Gasteiger partial charge in [0.2, 0.25) is 0 Å². The van der Waals surface area contributed by atoms with Crippen molar-refractivity contribution in [2.24, 2.45) is 0 Å². The third kappa shape index (κ3) is 5.14. The van der Waals surface area contributed by atoms with E-state index in [4.69, 9.17) is 0 Å². The maximum absolute atomic E-state index is 12.1. The molecule has 1 aromatic heterocycles. The third-order valence-corrected chi connectivity index (χ3v) is 5.70. The molecule has 1 atom stereocenters. The summed E-state index contributed by atoms with van der Waals surface area (Å²) < 4.78 is 28.4. The lowest BCUT2D eigenvalue weighted by molar-refractivity contribution is 0.301. The molecule has 0 amide bonds. The van der Waals surface area contributed by atoms with Gasteiger partial charge in [0.1, 0.15) is 0 Å². The van der Waals surface area contributed by atoms with Crippen LogP contribution in [-0.2, 0) is 10.2 Å². The van der Waals surface area contributed by atoms with Crippen molar-refractivity contribution in [3.05, 3.63) is 22.4 Å². The van der Waals surface area contributed by atoms with Crippen molar-refractivity contribution in [2.45, 2.75) is 25.8 Å². The minimum absolute atomic E-state index is 0.0596. The number of hydrogen-bond donors (Lipinski definition) is 1. The first-order valence-corrected chi connectivity index (χ1v) is 9.11. The summed E-state index contributed by atoms with van der Waals surface area (Å²) >= 11 is 1.64. The fraction of sp³-hybridized carbons (Fsp3) is 0.692. The van der Waals surface area contributed by atoms with E-state index in [2.05, 4.69) is 4.72 Å². The van der Waals surface area contributed by atoms with Crippen LogP contribution in [0.3, 0.4) is 0 Å². The SMILES string of the molecule is CCCCN(C)S(=O)(=O)NC[C@@H](c1cccs1)N(C)C. The fourth-order valence-corrected chi connectivity index (χ4v) is 3.69. The normalized spacial score (nSPS) is 14.1. The zero-order valence-corrected chi connectivity index (χ0v) is 14.3. The summed E-state index contributed by atoms with van der Waals surface area (Å²) in [6, 6.07) is 4.08. The summed E-state index contributed by atoms with van der Waals surface area (Å²) in [4.78, 5) is 3.19. The lowest BCUT2D eigenvalue weighted by atomic mass is 10.2. The molecule has 1 aromatic rings. The highest BCUT2D eigenvalue weighted by atomic mass is 32.2. The van der Waals surface area contributed by atoms with Gasteiger partial charge < -0.3 is 4.90 Å². The van der Waals surface area contributed by atoms with Gasteiger partial charge in [0.05, 0.1) is 6.04 Å². The van der Waals surface area contributed by atoms with Gasteiger partial charge in [-0.25, -0.2) is 4.72 Å². The van der Waals surface area contributed by atoms with Gasteiger partial charge in [-0.15, -0.1) is 11.3 Å². The number of hydrogen-bond acceptors (Lipinski definition) is 4. The molecule has 0 bridgehead atoms. The highest BCUT2D eigenvalue weighted by molar-refractivity contribution is 7.87. The highest BCUT2D eigenvalue weighted by Gasteiger charge is 2.21. The smallest absolute Gasteiger partial charge is 0.279 e. The summed E-state index contributed by atoms with van der Waals surface area (Å²) in [5, 5.41) is 2.01. The van der Waals surface area contributed by atoms with Gasteiger partial charge in [-0.1, -0.05) is 19.4 Å². The molecule has 0 radical (unpaired) electrons. The van der Waals surface area contributed by atoms with Crippen LogP contribution in [0.1, 0.15) is 30.7 Å². The molecule has 20 heavy (non-hydrogen) atoms. The van der Waals surface area contributed by atoms with Gasteiger partial charge in [-0.05, 0) is 32.0 Å². The Balaban J connectivity index is 2.63. The van der Waals surface area contributed by atoms with E-state index >= 15 is 0 Å². The molecule has 0 unspecified atom stereocenters. The largest absolute Gasteiger partial charge is 0.300 e. The molecule has 0 aliphatic heterocycles. The Bertz CT molecular complexity index is 472. The van der Waals surface area contributed by atoms with Gasteiger partial charge >= 0.3 is 0 Å². The summed E-state index contributed by atoms with van der Waals surface area (Å²) in [7, 11) is 2.14. The van der Waals surface area contributed by atoms with Crippen LogP contribution in [0, 0.1) is 0 Å². The van der Waals surface area contributed by atoms with Crippen molar-refractivity contribution < 1.29 is 8.42 Å². The molecule has 0 saturated carbocycles. The summed E-state index contributed by atoms with van der Waals surface area (Å²) in [6.45, 7) is 2.98. The summed E-state index contributed by atoms with van der Waals surface area (Å²) in [5.41, 5.74) is 0. The third-order valence-electron chi connectivity index (χ3n) is 3.19. The average Bonchev–Trinajstić information content (AvgIpc) is 2.89. The zero-order chi connectivity index (χ0) is 15.2. The molecule has 1 N–H and O–H groups in total. The molecular formula is C13H25N3O2S2. The summed E-state index contributed by atoms with van der Waals surface area (Å²) in [5.74, 6) is 0. The molecular weight excluding hydrogens is 294 g/mol. The Labute approximate surface area is 126 Å². The predicted molar refractivity (Wildman–Crippen MR) is 85.2 cm³/mol. The molecule has 0 fully saturated rings. The lowest BCUT2D eigenvalue weighted by Gasteiger charge is -2.25. The molecule has 1 heterocycles. The van der Waals surface area contributed by atoms with E-state index in [1.54, 1.807) is 18.4 Å². The topological polar surface area (TPSA) is 52.7 Å². The van der Waals surface area contributed by atoms with Crippen molar-refractivity contribution in [3.63, 3.8) is 0 Å². The quantitative estimate of drug-likeness (QED) is 0.756. The fourth-order valence-electron chi connectivity index (χ4n) is 1.81. The van der Waals surface area contributed by atoms with Crippen LogP contribution in [0.4, 0.5) is 0 Å². The van der Waals surface area contributed by atoms with Crippen molar-refractivity contribution in [2.75, 3.05) is 34.2 Å². The average molecular weight is 319 g/mol.